The van der Waals surface area contributed by atoms with Crippen molar-refractivity contribution in [1.82, 2.24) is 19.9 Å². The lowest BCUT2D eigenvalue weighted by atomic mass is 10.4. The van der Waals surface area contributed by atoms with Crippen molar-refractivity contribution < 1.29 is 0 Å². The summed E-state index contributed by atoms with van der Waals surface area (Å²) in [5, 5.41) is 11.8. The van der Waals surface area contributed by atoms with E-state index in [1.807, 2.05) is 11.9 Å². The standard InChI is InChI=1S/C12H17N7/c1-3-6-14-12-17-10-9(15-8-16-10)11(18-12)19(2)7-4-5-13/h8H,3-4,6-7H2,1-2H3,(H2,14,15,16,17,18). The maximum absolute atomic E-state index is 8.66. The van der Waals surface area contributed by atoms with Crippen molar-refractivity contribution in [3.8, 4) is 6.07 Å². The fourth-order valence-electron chi connectivity index (χ4n) is 1.73. The summed E-state index contributed by atoms with van der Waals surface area (Å²) in [7, 11) is 1.91. The predicted octanol–water partition coefficient (Wildman–Crippen LogP) is 1.52. The third-order valence-electron chi connectivity index (χ3n) is 2.72. The Hall–Kier alpha value is -2.36. The first kappa shape index (κ1) is 13.1. The Morgan fingerprint density at radius 1 is 1.47 bits per heavy atom. The van der Waals surface area contributed by atoms with Crippen LogP contribution in [0, 0.1) is 11.3 Å². The summed E-state index contributed by atoms with van der Waals surface area (Å²) in [6.45, 7) is 3.52. The maximum atomic E-state index is 8.66. The zero-order chi connectivity index (χ0) is 13.7. The Kier molecular flexibility index (Phi) is 4.13. The number of H-pyrrole nitrogens is 1. The first-order valence-electron chi connectivity index (χ1n) is 6.29. The molecule has 0 aliphatic rings. The van der Waals surface area contributed by atoms with Gasteiger partial charge in [-0.2, -0.15) is 15.2 Å². The van der Waals surface area contributed by atoms with Gasteiger partial charge in [0.25, 0.3) is 0 Å². The van der Waals surface area contributed by atoms with Crippen LogP contribution >= 0.6 is 0 Å². The van der Waals surface area contributed by atoms with Crippen molar-refractivity contribution in [2.45, 2.75) is 19.8 Å². The first-order valence-corrected chi connectivity index (χ1v) is 6.29. The summed E-state index contributed by atoms with van der Waals surface area (Å²) in [5.74, 6) is 1.33. The number of nitriles is 1. The van der Waals surface area contributed by atoms with Crippen LogP contribution in [0.15, 0.2) is 6.33 Å². The highest BCUT2D eigenvalue weighted by Crippen LogP contribution is 2.21. The van der Waals surface area contributed by atoms with Crippen molar-refractivity contribution in [2.24, 2.45) is 0 Å². The lowest BCUT2D eigenvalue weighted by Crippen LogP contribution is -2.20. The summed E-state index contributed by atoms with van der Waals surface area (Å²) in [4.78, 5) is 18.0. The van der Waals surface area contributed by atoms with Gasteiger partial charge in [0.1, 0.15) is 5.52 Å². The maximum Gasteiger partial charge on any atom is 0.226 e. The van der Waals surface area contributed by atoms with Gasteiger partial charge in [-0.05, 0) is 6.42 Å². The van der Waals surface area contributed by atoms with Gasteiger partial charge in [-0.25, -0.2) is 4.98 Å². The molecule has 7 nitrogen and oxygen atoms in total. The minimum absolute atomic E-state index is 0.452. The molecular weight excluding hydrogens is 242 g/mol. The Morgan fingerprint density at radius 2 is 2.32 bits per heavy atom. The molecule has 0 atom stereocenters. The van der Waals surface area contributed by atoms with Crippen molar-refractivity contribution in [3.05, 3.63) is 6.33 Å². The molecule has 0 aromatic carbocycles. The number of aromatic amines is 1. The van der Waals surface area contributed by atoms with Gasteiger partial charge in [0.05, 0.1) is 18.8 Å². The fourth-order valence-corrected chi connectivity index (χ4v) is 1.73. The van der Waals surface area contributed by atoms with Crippen LogP contribution in [-0.4, -0.2) is 40.1 Å². The van der Waals surface area contributed by atoms with E-state index >= 15 is 0 Å². The normalized spacial score (nSPS) is 10.4. The molecule has 19 heavy (non-hydrogen) atoms. The van der Waals surface area contributed by atoms with E-state index in [0.717, 1.165) is 24.3 Å². The Bertz CT molecular complexity index is 583. The quantitative estimate of drug-likeness (QED) is 0.817. The minimum atomic E-state index is 0.452. The third kappa shape index (κ3) is 2.91. The van der Waals surface area contributed by atoms with Crippen LogP contribution < -0.4 is 10.2 Å². The van der Waals surface area contributed by atoms with Crippen LogP contribution in [-0.2, 0) is 0 Å². The highest BCUT2D eigenvalue weighted by molar-refractivity contribution is 5.84. The van der Waals surface area contributed by atoms with Crippen LogP contribution in [0.4, 0.5) is 11.8 Å². The molecule has 2 aromatic heterocycles. The zero-order valence-corrected chi connectivity index (χ0v) is 11.1. The predicted molar refractivity (Wildman–Crippen MR) is 74.0 cm³/mol. The van der Waals surface area contributed by atoms with Crippen LogP contribution in [0.3, 0.4) is 0 Å². The van der Waals surface area contributed by atoms with Crippen molar-refractivity contribution in [1.29, 1.82) is 5.26 Å². The molecule has 0 aliphatic carbocycles. The largest absolute Gasteiger partial charge is 0.357 e. The second kappa shape index (κ2) is 6.00. The summed E-state index contributed by atoms with van der Waals surface area (Å²) >= 11 is 0. The highest BCUT2D eigenvalue weighted by atomic mass is 15.2. The zero-order valence-electron chi connectivity index (χ0n) is 11.1. The molecule has 0 radical (unpaired) electrons. The van der Waals surface area contributed by atoms with E-state index in [1.54, 1.807) is 6.33 Å². The Balaban J connectivity index is 2.33. The molecule has 0 spiro atoms. The van der Waals surface area contributed by atoms with Crippen LogP contribution in [0.1, 0.15) is 19.8 Å². The summed E-state index contributed by atoms with van der Waals surface area (Å²) in [5.41, 5.74) is 1.43. The van der Waals surface area contributed by atoms with E-state index in [2.05, 4.69) is 38.2 Å². The number of hydrogen-bond acceptors (Lipinski definition) is 6. The molecular formula is C12H17N7. The monoisotopic (exact) mass is 259 g/mol. The molecule has 0 amide bonds. The van der Waals surface area contributed by atoms with E-state index in [4.69, 9.17) is 5.26 Å². The van der Waals surface area contributed by atoms with Gasteiger partial charge in [0.2, 0.25) is 5.95 Å². The number of nitrogens with one attached hydrogen (secondary N) is 2. The number of anilines is 2. The summed E-state index contributed by atoms with van der Waals surface area (Å²) < 4.78 is 0. The lowest BCUT2D eigenvalue weighted by molar-refractivity contribution is 0.881. The number of aromatic nitrogens is 4. The lowest BCUT2D eigenvalue weighted by Gasteiger charge is -2.17. The topological polar surface area (TPSA) is 93.5 Å². The second-order valence-corrected chi connectivity index (χ2v) is 4.23. The molecule has 7 heteroatoms. The van der Waals surface area contributed by atoms with Gasteiger partial charge < -0.3 is 15.2 Å². The molecule has 2 N–H and O–H groups in total. The molecule has 100 valence electrons. The van der Waals surface area contributed by atoms with Crippen molar-refractivity contribution >= 4 is 22.9 Å². The average molecular weight is 259 g/mol. The van der Waals surface area contributed by atoms with E-state index in [0.29, 0.717) is 24.6 Å². The summed E-state index contributed by atoms with van der Waals surface area (Å²) in [6, 6.07) is 2.13. The second-order valence-electron chi connectivity index (χ2n) is 4.23. The minimum Gasteiger partial charge on any atom is -0.357 e. The molecule has 0 unspecified atom stereocenters. The molecule has 0 bridgehead atoms. The van der Waals surface area contributed by atoms with Gasteiger partial charge in [-0.1, -0.05) is 6.92 Å². The van der Waals surface area contributed by atoms with Crippen molar-refractivity contribution in [2.75, 3.05) is 30.4 Å². The number of hydrogen-bond donors (Lipinski definition) is 2. The molecule has 0 saturated heterocycles. The van der Waals surface area contributed by atoms with Gasteiger partial charge >= 0.3 is 0 Å². The molecule has 2 heterocycles. The third-order valence-corrected chi connectivity index (χ3v) is 2.72. The van der Waals surface area contributed by atoms with Gasteiger partial charge in [-0.3, -0.25) is 0 Å². The number of imidazole rings is 1. The van der Waals surface area contributed by atoms with Crippen LogP contribution in [0.2, 0.25) is 0 Å². The van der Waals surface area contributed by atoms with Gasteiger partial charge in [0.15, 0.2) is 11.5 Å². The molecule has 0 fully saturated rings. The Morgan fingerprint density at radius 3 is 3.05 bits per heavy atom. The average Bonchev–Trinajstić information content (AvgIpc) is 2.89. The number of rotatable bonds is 6. The summed E-state index contributed by atoms with van der Waals surface area (Å²) in [6.07, 6.45) is 3.06. The SMILES string of the molecule is CCCNc1nc(N(C)CCC#N)c2[nH]cnc2n1. The van der Waals surface area contributed by atoms with E-state index in [9.17, 15) is 0 Å². The van der Waals surface area contributed by atoms with E-state index < -0.39 is 0 Å². The van der Waals surface area contributed by atoms with Gasteiger partial charge in [0, 0.05) is 20.1 Å². The first-order chi connectivity index (χ1) is 9.26. The van der Waals surface area contributed by atoms with E-state index in [1.165, 1.54) is 0 Å². The number of fused-ring (bicyclic) bond motifs is 1. The number of nitrogens with zero attached hydrogens (tertiary/aromatic N) is 5. The molecule has 2 rings (SSSR count). The molecule has 0 saturated carbocycles. The highest BCUT2D eigenvalue weighted by Gasteiger charge is 2.13. The smallest absolute Gasteiger partial charge is 0.226 e. The van der Waals surface area contributed by atoms with Crippen LogP contribution in [0.5, 0.6) is 0 Å². The fraction of sp³-hybridized carbons (Fsp3) is 0.500. The molecule has 0 aliphatic heterocycles. The Labute approximate surface area is 111 Å². The van der Waals surface area contributed by atoms with Gasteiger partial charge in [-0.15, -0.1) is 0 Å². The van der Waals surface area contributed by atoms with E-state index in [-0.39, 0.29) is 0 Å². The molecule has 2 aromatic rings. The van der Waals surface area contributed by atoms with Crippen LogP contribution in [0.25, 0.3) is 11.2 Å². The van der Waals surface area contributed by atoms with Crippen molar-refractivity contribution in [3.63, 3.8) is 0 Å².